The number of hydrogen-bond donors (Lipinski definition) is 2. The van der Waals surface area contributed by atoms with Gasteiger partial charge in [0.15, 0.2) is 0 Å². The third-order valence-corrected chi connectivity index (χ3v) is 5.49. The minimum atomic E-state index is -4.39. The first kappa shape index (κ1) is 18.0. The second-order valence-electron chi connectivity index (χ2n) is 6.09. The van der Waals surface area contributed by atoms with Crippen molar-refractivity contribution in [3.05, 3.63) is 28.6 Å². The van der Waals surface area contributed by atoms with Gasteiger partial charge in [0.2, 0.25) is 0 Å². The van der Waals surface area contributed by atoms with Gasteiger partial charge in [-0.05, 0) is 42.9 Å². The van der Waals surface area contributed by atoms with Gasteiger partial charge in [-0.25, -0.2) is 4.39 Å². The summed E-state index contributed by atoms with van der Waals surface area (Å²) in [5.41, 5.74) is 0.583. The minimum Gasteiger partial charge on any atom is -0.378 e. The standard InChI is InChI=1S/C17H17F4N3S/c18-12-4-6-23-7-5-13(12)24-14-3-1-2-10-11(8-17(19,20)21)15(9-22)25-16(10)14/h1-3,12-13,23-24H,4-8H2. The van der Waals surface area contributed by atoms with E-state index in [1.807, 2.05) is 6.07 Å². The molecule has 1 aliphatic heterocycles. The molecule has 3 nitrogen and oxygen atoms in total. The Balaban J connectivity index is 1.98. The van der Waals surface area contributed by atoms with E-state index in [0.717, 1.165) is 11.3 Å². The summed E-state index contributed by atoms with van der Waals surface area (Å²) in [5, 5.41) is 15.9. The maximum atomic E-state index is 14.3. The van der Waals surface area contributed by atoms with Crippen molar-refractivity contribution in [2.45, 2.75) is 37.7 Å². The summed E-state index contributed by atoms with van der Waals surface area (Å²) in [6.07, 6.45) is -5.58. The number of anilines is 1. The number of nitriles is 1. The fraction of sp³-hybridized carbons (Fsp3) is 0.471. The summed E-state index contributed by atoms with van der Waals surface area (Å²) in [5.74, 6) is 0. The normalized spacial score (nSPS) is 21.7. The summed E-state index contributed by atoms with van der Waals surface area (Å²) < 4.78 is 53.4. The van der Waals surface area contributed by atoms with Gasteiger partial charge in [0.05, 0.1) is 22.8 Å². The van der Waals surface area contributed by atoms with Crippen LogP contribution in [-0.4, -0.2) is 31.5 Å². The van der Waals surface area contributed by atoms with Gasteiger partial charge in [0, 0.05) is 0 Å². The summed E-state index contributed by atoms with van der Waals surface area (Å²) in [4.78, 5) is 0.0564. The van der Waals surface area contributed by atoms with Gasteiger partial charge >= 0.3 is 6.18 Å². The number of halogens is 4. The van der Waals surface area contributed by atoms with Crippen molar-refractivity contribution < 1.29 is 17.6 Å². The molecule has 2 atom stereocenters. The van der Waals surface area contributed by atoms with E-state index in [0.29, 0.717) is 41.7 Å². The molecule has 0 aliphatic carbocycles. The van der Waals surface area contributed by atoms with Gasteiger partial charge < -0.3 is 10.6 Å². The van der Waals surface area contributed by atoms with Crippen LogP contribution in [0.3, 0.4) is 0 Å². The van der Waals surface area contributed by atoms with Crippen LogP contribution in [0.1, 0.15) is 23.3 Å². The Labute approximate surface area is 146 Å². The minimum absolute atomic E-state index is 0.00187. The average Bonchev–Trinajstić information content (AvgIpc) is 2.77. The van der Waals surface area contributed by atoms with Crippen molar-refractivity contribution in [3.8, 4) is 6.07 Å². The maximum Gasteiger partial charge on any atom is 0.393 e. The van der Waals surface area contributed by atoms with E-state index in [1.165, 1.54) is 0 Å². The second-order valence-corrected chi connectivity index (χ2v) is 7.11. The Morgan fingerprint density at radius 2 is 2.04 bits per heavy atom. The maximum absolute atomic E-state index is 14.3. The Kier molecular flexibility index (Phi) is 5.16. The van der Waals surface area contributed by atoms with E-state index < -0.39 is 24.8 Å². The van der Waals surface area contributed by atoms with E-state index in [4.69, 9.17) is 0 Å². The summed E-state index contributed by atoms with van der Waals surface area (Å²) in [6.45, 7) is 1.29. The number of alkyl halides is 4. The topological polar surface area (TPSA) is 47.9 Å². The van der Waals surface area contributed by atoms with Crippen molar-refractivity contribution in [2.75, 3.05) is 18.4 Å². The molecule has 0 bridgehead atoms. The number of rotatable bonds is 3. The summed E-state index contributed by atoms with van der Waals surface area (Å²) in [6, 6.07) is 6.41. The van der Waals surface area contributed by atoms with Crippen molar-refractivity contribution in [3.63, 3.8) is 0 Å². The number of nitrogens with one attached hydrogen (secondary N) is 2. The van der Waals surface area contributed by atoms with Crippen LogP contribution in [0, 0.1) is 11.3 Å². The molecule has 8 heteroatoms. The van der Waals surface area contributed by atoms with Crippen molar-refractivity contribution in [1.82, 2.24) is 5.32 Å². The lowest BCUT2D eigenvalue weighted by molar-refractivity contribution is -0.126. The smallest absolute Gasteiger partial charge is 0.378 e. The van der Waals surface area contributed by atoms with Crippen molar-refractivity contribution in [1.29, 1.82) is 5.26 Å². The Hall–Kier alpha value is -1.85. The van der Waals surface area contributed by atoms with Crippen LogP contribution in [-0.2, 0) is 6.42 Å². The number of benzene rings is 1. The monoisotopic (exact) mass is 371 g/mol. The molecule has 25 heavy (non-hydrogen) atoms. The zero-order valence-corrected chi connectivity index (χ0v) is 14.1. The molecule has 1 aromatic heterocycles. The molecule has 1 saturated heterocycles. The van der Waals surface area contributed by atoms with Crippen LogP contribution in [0.2, 0.25) is 0 Å². The van der Waals surface area contributed by atoms with Crippen LogP contribution >= 0.6 is 11.3 Å². The first-order valence-electron chi connectivity index (χ1n) is 8.01. The quantitative estimate of drug-likeness (QED) is 0.787. The fourth-order valence-electron chi connectivity index (χ4n) is 3.12. The lowest BCUT2D eigenvalue weighted by atomic mass is 10.0. The number of hydrogen-bond acceptors (Lipinski definition) is 4. The molecule has 0 amide bonds. The molecular formula is C17H17F4N3S. The first-order valence-corrected chi connectivity index (χ1v) is 8.83. The van der Waals surface area contributed by atoms with Gasteiger partial charge in [-0.15, -0.1) is 11.3 Å². The third kappa shape index (κ3) is 4.05. The molecule has 134 valence electrons. The molecule has 3 rings (SSSR count). The molecule has 2 heterocycles. The lowest BCUT2D eigenvalue weighted by Gasteiger charge is -2.21. The lowest BCUT2D eigenvalue weighted by Crippen LogP contribution is -2.30. The Bertz CT molecular complexity index is 794. The highest BCUT2D eigenvalue weighted by atomic mass is 32.1. The van der Waals surface area contributed by atoms with E-state index in [9.17, 15) is 22.8 Å². The summed E-state index contributed by atoms with van der Waals surface area (Å²) >= 11 is 1.02. The highest BCUT2D eigenvalue weighted by molar-refractivity contribution is 7.20. The van der Waals surface area contributed by atoms with Crippen LogP contribution in [0.15, 0.2) is 18.2 Å². The summed E-state index contributed by atoms with van der Waals surface area (Å²) in [7, 11) is 0. The predicted octanol–water partition coefficient (Wildman–Crippen LogP) is 4.38. The zero-order valence-electron chi connectivity index (χ0n) is 13.3. The molecule has 0 spiro atoms. The molecule has 1 aromatic carbocycles. The molecule has 0 radical (unpaired) electrons. The fourth-order valence-corrected chi connectivity index (χ4v) is 4.21. The molecular weight excluding hydrogens is 354 g/mol. The molecule has 1 aliphatic rings. The van der Waals surface area contributed by atoms with Gasteiger partial charge in [0.25, 0.3) is 0 Å². The van der Waals surface area contributed by atoms with Crippen LogP contribution < -0.4 is 10.6 Å². The van der Waals surface area contributed by atoms with Crippen LogP contribution in [0.4, 0.5) is 23.2 Å². The van der Waals surface area contributed by atoms with E-state index in [1.54, 1.807) is 18.2 Å². The molecule has 0 saturated carbocycles. The number of thiophene rings is 1. The zero-order chi connectivity index (χ0) is 18.0. The molecule has 2 unspecified atom stereocenters. The van der Waals surface area contributed by atoms with E-state index in [2.05, 4.69) is 10.6 Å². The number of fused-ring (bicyclic) bond motifs is 1. The van der Waals surface area contributed by atoms with Gasteiger partial charge in [-0.2, -0.15) is 18.4 Å². The van der Waals surface area contributed by atoms with E-state index >= 15 is 0 Å². The second kappa shape index (κ2) is 7.18. The molecule has 2 aromatic rings. The predicted molar refractivity (Wildman–Crippen MR) is 90.7 cm³/mol. The number of nitrogens with zero attached hydrogens (tertiary/aromatic N) is 1. The third-order valence-electron chi connectivity index (χ3n) is 4.30. The van der Waals surface area contributed by atoms with E-state index in [-0.39, 0.29) is 10.4 Å². The highest BCUT2D eigenvalue weighted by Gasteiger charge is 2.32. The largest absolute Gasteiger partial charge is 0.393 e. The molecule has 1 fully saturated rings. The van der Waals surface area contributed by atoms with Gasteiger partial charge in [-0.3, -0.25) is 0 Å². The average molecular weight is 371 g/mol. The van der Waals surface area contributed by atoms with Gasteiger partial charge in [0.1, 0.15) is 17.1 Å². The van der Waals surface area contributed by atoms with Crippen LogP contribution in [0.5, 0.6) is 0 Å². The van der Waals surface area contributed by atoms with Crippen molar-refractivity contribution in [2.24, 2.45) is 0 Å². The van der Waals surface area contributed by atoms with Gasteiger partial charge in [-0.1, -0.05) is 12.1 Å². The Morgan fingerprint density at radius 1 is 1.28 bits per heavy atom. The molecule has 2 N–H and O–H groups in total. The Morgan fingerprint density at radius 3 is 2.76 bits per heavy atom. The highest BCUT2D eigenvalue weighted by Crippen LogP contribution is 2.39. The first-order chi connectivity index (χ1) is 11.9. The van der Waals surface area contributed by atoms with Crippen LogP contribution in [0.25, 0.3) is 10.1 Å². The SMILES string of the molecule is N#Cc1sc2c(NC3CCNCCC3F)cccc2c1CC(F)(F)F. The van der Waals surface area contributed by atoms with Crippen molar-refractivity contribution >= 4 is 27.1 Å².